The number of aromatic nitrogens is 2. The maximum Gasteiger partial charge on any atom is 0.352 e. The summed E-state index contributed by atoms with van der Waals surface area (Å²) >= 11 is 0. The molecule has 7 nitrogen and oxygen atoms in total. The molecule has 0 radical (unpaired) electrons. The van der Waals surface area contributed by atoms with Gasteiger partial charge in [-0.1, -0.05) is 6.07 Å². The van der Waals surface area contributed by atoms with Gasteiger partial charge in [-0.15, -0.1) is 0 Å². The molecule has 0 bridgehead atoms. The van der Waals surface area contributed by atoms with Gasteiger partial charge in [-0.2, -0.15) is 4.98 Å². The number of H-pyrrole nitrogens is 1. The molecule has 0 saturated carbocycles. The zero-order chi connectivity index (χ0) is 14.3. The van der Waals surface area contributed by atoms with Crippen LogP contribution >= 0.6 is 0 Å². The van der Waals surface area contributed by atoms with Gasteiger partial charge in [0.25, 0.3) is 0 Å². The molecule has 3 N–H and O–H groups in total. The van der Waals surface area contributed by atoms with E-state index in [0.29, 0.717) is 5.56 Å². The Balaban J connectivity index is 2.10. The van der Waals surface area contributed by atoms with E-state index in [0.717, 1.165) is 11.3 Å². The quantitative estimate of drug-likeness (QED) is 0.741. The summed E-state index contributed by atoms with van der Waals surface area (Å²) in [6, 6.07) is 6.40. The Labute approximate surface area is 112 Å². The lowest BCUT2D eigenvalue weighted by molar-refractivity contribution is -0.115. The summed E-state index contributed by atoms with van der Waals surface area (Å²) in [7, 11) is 0. The second kappa shape index (κ2) is 4.30. The molecule has 1 amide bonds. The number of anilines is 1. The molecule has 0 spiro atoms. The summed E-state index contributed by atoms with van der Waals surface area (Å²) < 4.78 is 0. The van der Waals surface area contributed by atoms with Crippen LogP contribution in [0.4, 0.5) is 5.69 Å². The van der Waals surface area contributed by atoms with Gasteiger partial charge in [0, 0.05) is 11.3 Å². The topological polar surface area (TPSA) is 112 Å². The molecule has 3 rings (SSSR count). The number of rotatable bonds is 2. The van der Waals surface area contributed by atoms with Crippen molar-refractivity contribution in [3.63, 3.8) is 0 Å². The number of hydrogen-bond acceptors (Lipinski definition) is 4. The van der Waals surface area contributed by atoms with E-state index >= 15 is 0 Å². The Kier molecular flexibility index (Phi) is 2.60. The zero-order valence-corrected chi connectivity index (χ0v) is 10.1. The number of nitrogens with zero attached hydrogens (tertiary/aromatic N) is 1. The fourth-order valence-electron chi connectivity index (χ4n) is 2.11. The first kappa shape index (κ1) is 12.1. The minimum atomic E-state index is -1.23. The lowest BCUT2D eigenvalue weighted by Crippen LogP contribution is -2.16. The van der Waals surface area contributed by atoms with Crippen LogP contribution < -0.4 is 11.0 Å². The molecule has 0 unspecified atom stereocenters. The molecule has 0 saturated heterocycles. The molecule has 2 heterocycles. The summed E-state index contributed by atoms with van der Waals surface area (Å²) in [5, 5.41) is 11.6. The van der Waals surface area contributed by atoms with E-state index in [2.05, 4.69) is 15.3 Å². The minimum absolute atomic E-state index is 0.0951. The summed E-state index contributed by atoms with van der Waals surface area (Å²) in [4.78, 5) is 39.5. The van der Waals surface area contributed by atoms with E-state index in [1.807, 2.05) is 0 Å². The van der Waals surface area contributed by atoms with E-state index in [4.69, 9.17) is 5.11 Å². The number of nitrogens with one attached hydrogen (secondary N) is 2. The number of carbonyl (C=O) groups is 2. The number of aromatic carboxylic acids is 1. The van der Waals surface area contributed by atoms with Gasteiger partial charge in [0.2, 0.25) is 5.91 Å². The number of benzene rings is 1. The average Bonchev–Trinajstić information content (AvgIpc) is 2.76. The molecule has 2 aromatic rings. The Morgan fingerprint density at radius 1 is 1.25 bits per heavy atom. The van der Waals surface area contributed by atoms with Crippen molar-refractivity contribution in [3.05, 3.63) is 46.0 Å². The number of carboxylic acids is 1. The van der Waals surface area contributed by atoms with Crippen molar-refractivity contribution in [2.75, 3.05) is 5.32 Å². The van der Waals surface area contributed by atoms with Gasteiger partial charge in [-0.3, -0.25) is 9.78 Å². The molecular weight excluding hydrogens is 262 g/mol. The molecule has 1 aliphatic rings. The molecular formula is C13H9N3O4. The van der Waals surface area contributed by atoms with Gasteiger partial charge in [0.15, 0.2) is 0 Å². The number of carbonyl (C=O) groups excluding carboxylic acids is 1. The number of hydrogen-bond donors (Lipinski definition) is 3. The largest absolute Gasteiger partial charge is 0.477 e. The van der Waals surface area contributed by atoms with E-state index in [1.165, 1.54) is 6.07 Å². The zero-order valence-electron chi connectivity index (χ0n) is 10.1. The van der Waals surface area contributed by atoms with Crippen LogP contribution in [0.25, 0.3) is 11.3 Å². The highest BCUT2D eigenvalue weighted by Gasteiger charge is 2.18. The van der Waals surface area contributed by atoms with Crippen LogP contribution in [-0.4, -0.2) is 27.0 Å². The Hall–Kier alpha value is -2.96. The normalized spacial score (nSPS) is 12.9. The maximum absolute atomic E-state index is 11.4. The predicted octanol–water partition coefficient (Wildman–Crippen LogP) is 0.630. The van der Waals surface area contributed by atoms with Crippen molar-refractivity contribution < 1.29 is 14.7 Å². The second-order valence-corrected chi connectivity index (χ2v) is 4.39. The van der Waals surface area contributed by atoms with Crippen LogP contribution in [0.2, 0.25) is 0 Å². The summed E-state index contributed by atoms with van der Waals surface area (Å²) in [5.74, 6) is -1.33. The molecule has 1 aromatic heterocycles. The number of carboxylic acid groups (broad SMARTS) is 1. The molecule has 0 aliphatic carbocycles. The fourth-order valence-corrected chi connectivity index (χ4v) is 2.11. The maximum atomic E-state index is 11.4. The van der Waals surface area contributed by atoms with Crippen molar-refractivity contribution in [3.8, 4) is 11.3 Å². The number of fused-ring (bicyclic) bond motifs is 1. The summed E-state index contributed by atoms with van der Waals surface area (Å²) in [6.07, 6.45) is 0.262. The van der Waals surface area contributed by atoms with Crippen molar-refractivity contribution in [2.24, 2.45) is 0 Å². The standard InChI is InChI=1S/C13H9N3O4/c17-11-4-7-3-6(1-2-8(7)14-11)9-5-10(12(18)19)16-13(20)15-9/h1-3,5H,4H2,(H,14,17)(H,18,19)(H,15,16,20). The van der Waals surface area contributed by atoms with Crippen LogP contribution in [0, 0.1) is 0 Å². The SMILES string of the molecule is O=C1Cc2cc(-c3cc(C(=O)O)[nH]c(=O)n3)ccc2N1. The number of amides is 1. The van der Waals surface area contributed by atoms with Gasteiger partial charge in [-0.05, 0) is 23.8 Å². The van der Waals surface area contributed by atoms with Gasteiger partial charge >= 0.3 is 11.7 Å². The number of aromatic amines is 1. The minimum Gasteiger partial charge on any atom is -0.477 e. The molecule has 0 fully saturated rings. The van der Waals surface area contributed by atoms with Gasteiger partial charge in [0.1, 0.15) is 5.69 Å². The highest BCUT2D eigenvalue weighted by Crippen LogP contribution is 2.27. The Morgan fingerprint density at radius 2 is 2.05 bits per heavy atom. The van der Waals surface area contributed by atoms with Crippen LogP contribution in [0.3, 0.4) is 0 Å². The molecule has 1 aliphatic heterocycles. The first-order valence-corrected chi connectivity index (χ1v) is 5.81. The van der Waals surface area contributed by atoms with Gasteiger partial charge in [0.05, 0.1) is 12.1 Å². The Bertz CT molecular complexity index is 794. The van der Waals surface area contributed by atoms with Crippen LogP contribution in [-0.2, 0) is 11.2 Å². The molecule has 0 atom stereocenters. The molecule has 7 heteroatoms. The van der Waals surface area contributed by atoms with Crippen molar-refractivity contribution >= 4 is 17.6 Å². The summed E-state index contributed by atoms with van der Waals surface area (Å²) in [6.45, 7) is 0. The van der Waals surface area contributed by atoms with Crippen molar-refractivity contribution in [1.29, 1.82) is 0 Å². The lowest BCUT2D eigenvalue weighted by atomic mass is 10.1. The summed E-state index contributed by atoms with van der Waals surface area (Å²) in [5.41, 5.74) is 1.42. The van der Waals surface area contributed by atoms with Crippen LogP contribution in [0.5, 0.6) is 0 Å². The molecule has 1 aromatic carbocycles. The third kappa shape index (κ3) is 2.05. The van der Waals surface area contributed by atoms with E-state index in [-0.39, 0.29) is 23.7 Å². The average molecular weight is 271 g/mol. The fraction of sp³-hybridized carbons (Fsp3) is 0.0769. The highest BCUT2D eigenvalue weighted by atomic mass is 16.4. The van der Waals surface area contributed by atoms with Crippen molar-refractivity contribution in [1.82, 2.24) is 9.97 Å². The van der Waals surface area contributed by atoms with Crippen LogP contribution in [0.15, 0.2) is 29.1 Å². The van der Waals surface area contributed by atoms with E-state index < -0.39 is 11.7 Å². The lowest BCUT2D eigenvalue weighted by Gasteiger charge is -2.04. The van der Waals surface area contributed by atoms with Gasteiger partial charge in [-0.25, -0.2) is 9.59 Å². The molecule has 20 heavy (non-hydrogen) atoms. The smallest absolute Gasteiger partial charge is 0.352 e. The monoisotopic (exact) mass is 271 g/mol. The predicted molar refractivity (Wildman–Crippen MR) is 69.6 cm³/mol. The third-order valence-corrected chi connectivity index (χ3v) is 3.00. The second-order valence-electron chi connectivity index (χ2n) is 4.39. The first-order valence-electron chi connectivity index (χ1n) is 5.81. The highest BCUT2D eigenvalue weighted by molar-refractivity contribution is 5.99. The van der Waals surface area contributed by atoms with E-state index in [1.54, 1.807) is 18.2 Å². The first-order chi connectivity index (χ1) is 9.52. The van der Waals surface area contributed by atoms with Crippen molar-refractivity contribution in [2.45, 2.75) is 6.42 Å². The molecule has 100 valence electrons. The third-order valence-electron chi connectivity index (χ3n) is 3.00. The van der Waals surface area contributed by atoms with Crippen LogP contribution in [0.1, 0.15) is 16.1 Å². The van der Waals surface area contributed by atoms with E-state index in [9.17, 15) is 14.4 Å². The Morgan fingerprint density at radius 3 is 2.80 bits per heavy atom. The van der Waals surface area contributed by atoms with Gasteiger partial charge < -0.3 is 10.4 Å².